The number of amides is 1. The van der Waals surface area contributed by atoms with E-state index in [1.54, 1.807) is 35.0 Å². The Balaban J connectivity index is 1.16. The summed E-state index contributed by atoms with van der Waals surface area (Å²) >= 11 is 18.6. The third-order valence-electron chi connectivity index (χ3n) is 8.47. The van der Waals surface area contributed by atoms with Crippen molar-refractivity contribution in [1.29, 1.82) is 0 Å². The van der Waals surface area contributed by atoms with Gasteiger partial charge in [-0.05, 0) is 117 Å². The van der Waals surface area contributed by atoms with Crippen LogP contribution < -0.4 is 5.32 Å². The van der Waals surface area contributed by atoms with Gasteiger partial charge in [-0.1, -0.05) is 34.8 Å². The van der Waals surface area contributed by atoms with Gasteiger partial charge in [0.25, 0.3) is 5.91 Å². The fourth-order valence-electron chi connectivity index (χ4n) is 7.14. The SMILES string of the molecule is O=C(NCCCC1C2CC3CC(C2)CC1C3)c1nc(-c2ccc(Cl)cc2)n(-c2ccc(Cl)cc2Cl)n1. The van der Waals surface area contributed by atoms with Crippen molar-refractivity contribution in [3.63, 3.8) is 0 Å². The number of nitrogens with zero attached hydrogens (tertiary/aromatic N) is 3. The number of carbonyl (C=O) groups excluding carboxylic acids is 1. The number of halogens is 3. The van der Waals surface area contributed by atoms with Gasteiger partial charge in [-0.15, -0.1) is 5.10 Å². The van der Waals surface area contributed by atoms with E-state index in [1.165, 1.54) is 38.5 Å². The predicted octanol–water partition coefficient (Wildman–Crippen LogP) is 7.48. The summed E-state index contributed by atoms with van der Waals surface area (Å²) in [4.78, 5) is 17.6. The standard InChI is InChI=1S/C28H29Cl3N4O/c29-21-5-3-18(4-6-21)27-33-26(34-35(27)25-8-7-22(30)15-24(25)31)28(36)32-9-1-2-23-19-11-16-10-17(13-19)14-20(23)12-16/h3-8,15-17,19-20,23H,1-2,9-14H2,(H,32,36). The van der Waals surface area contributed by atoms with E-state index in [-0.39, 0.29) is 11.7 Å². The lowest BCUT2D eigenvalue weighted by Gasteiger charge is -2.54. The summed E-state index contributed by atoms with van der Waals surface area (Å²) in [6.07, 6.45) is 9.42. The molecule has 0 radical (unpaired) electrons. The molecule has 1 amide bonds. The number of benzene rings is 2. The Morgan fingerprint density at radius 1 is 0.917 bits per heavy atom. The maximum atomic E-state index is 13.0. The number of aromatic nitrogens is 3. The van der Waals surface area contributed by atoms with Crippen molar-refractivity contribution in [2.45, 2.75) is 44.9 Å². The minimum atomic E-state index is -0.279. The molecule has 4 aliphatic carbocycles. The highest BCUT2D eigenvalue weighted by Crippen LogP contribution is 2.57. The second-order valence-electron chi connectivity index (χ2n) is 10.8. The number of hydrogen-bond acceptors (Lipinski definition) is 3. The molecule has 1 aromatic heterocycles. The second-order valence-corrected chi connectivity index (χ2v) is 12.0. The third kappa shape index (κ3) is 4.78. The summed E-state index contributed by atoms with van der Waals surface area (Å²) in [5.74, 6) is 5.01. The lowest BCUT2D eigenvalue weighted by atomic mass is 9.51. The zero-order valence-corrected chi connectivity index (χ0v) is 22.2. The minimum Gasteiger partial charge on any atom is -0.349 e. The molecule has 4 bridgehead atoms. The lowest BCUT2D eigenvalue weighted by Crippen LogP contribution is -2.45. The van der Waals surface area contributed by atoms with Crippen LogP contribution >= 0.6 is 34.8 Å². The first-order valence-electron chi connectivity index (χ1n) is 12.9. The molecule has 3 aromatic rings. The van der Waals surface area contributed by atoms with Crippen LogP contribution in [0.3, 0.4) is 0 Å². The first kappa shape index (κ1) is 24.3. The molecule has 188 valence electrons. The van der Waals surface area contributed by atoms with Gasteiger partial charge in [-0.3, -0.25) is 4.79 Å². The highest BCUT2D eigenvalue weighted by molar-refractivity contribution is 6.35. The molecule has 0 atom stereocenters. The minimum absolute atomic E-state index is 0.112. The average Bonchev–Trinajstić information content (AvgIpc) is 3.28. The average molecular weight is 544 g/mol. The molecule has 4 saturated carbocycles. The van der Waals surface area contributed by atoms with E-state index in [1.807, 2.05) is 12.1 Å². The largest absolute Gasteiger partial charge is 0.349 e. The fraction of sp³-hybridized carbons (Fsp3) is 0.464. The number of hydrogen-bond donors (Lipinski definition) is 1. The zero-order chi connectivity index (χ0) is 24.8. The van der Waals surface area contributed by atoms with E-state index in [4.69, 9.17) is 34.8 Å². The first-order chi connectivity index (χ1) is 17.4. The highest BCUT2D eigenvalue weighted by atomic mass is 35.5. The summed E-state index contributed by atoms with van der Waals surface area (Å²) in [6.45, 7) is 0.633. The van der Waals surface area contributed by atoms with Gasteiger partial charge in [0.15, 0.2) is 5.82 Å². The Labute approximate surface area is 226 Å². The Morgan fingerprint density at radius 3 is 2.25 bits per heavy atom. The first-order valence-corrected chi connectivity index (χ1v) is 14.0. The van der Waals surface area contributed by atoms with Gasteiger partial charge in [0, 0.05) is 22.2 Å². The van der Waals surface area contributed by atoms with Gasteiger partial charge in [-0.25, -0.2) is 9.67 Å². The van der Waals surface area contributed by atoms with Crippen LogP contribution in [-0.2, 0) is 0 Å². The Morgan fingerprint density at radius 2 is 1.58 bits per heavy atom. The molecular formula is C28H29Cl3N4O. The normalized spacial score (nSPS) is 26.4. The maximum absolute atomic E-state index is 13.0. The van der Waals surface area contributed by atoms with Crippen LogP contribution in [0.4, 0.5) is 0 Å². The summed E-state index contributed by atoms with van der Waals surface area (Å²) in [5.41, 5.74) is 1.37. The fourth-order valence-corrected chi connectivity index (χ4v) is 7.76. The topological polar surface area (TPSA) is 59.8 Å². The van der Waals surface area contributed by atoms with Gasteiger partial charge in [0.2, 0.25) is 5.82 Å². The maximum Gasteiger partial charge on any atom is 0.290 e. The van der Waals surface area contributed by atoms with Crippen molar-refractivity contribution in [1.82, 2.24) is 20.1 Å². The molecule has 1 N–H and O–H groups in total. The number of carbonyl (C=O) groups is 1. The van der Waals surface area contributed by atoms with Gasteiger partial charge in [0.1, 0.15) is 0 Å². The Hall–Kier alpha value is -2.08. The predicted molar refractivity (Wildman–Crippen MR) is 144 cm³/mol. The van der Waals surface area contributed by atoms with Crippen LogP contribution in [0.2, 0.25) is 15.1 Å². The van der Waals surface area contributed by atoms with Crippen LogP contribution in [0.5, 0.6) is 0 Å². The molecule has 0 aliphatic heterocycles. The number of rotatable bonds is 7. The van der Waals surface area contributed by atoms with Crippen molar-refractivity contribution in [2.24, 2.45) is 29.6 Å². The van der Waals surface area contributed by atoms with E-state index in [2.05, 4.69) is 15.4 Å². The third-order valence-corrected chi connectivity index (χ3v) is 9.26. The molecule has 1 heterocycles. The molecule has 7 rings (SSSR count). The Kier molecular flexibility index (Phi) is 6.74. The Bertz CT molecular complexity index is 1240. The molecule has 5 nitrogen and oxygen atoms in total. The summed E-state index contributed by atoms with van der Waals surface area (Å²) < 4.78 is 1.59. The molecule has 4 aliphatic rings. The van der Waals surface area contributed by atoms with Crippen molar-refractivity contribution in [3.8, 4) is 17.1 Å². The monoisotopic (exact) mass is 542 g/mol. The van der Waals surface area contributed by atoms with Gasteiger partial charge in [0.05, 0.1) is 10.7 Å². The molecule has 0 saturated heterocycles. The van der Waals surface area contributed by atoms with Crippen LogP contribution in [0.25, 0.3) is 17.1 Å². The van der Waals surface area contributed by atoms with Crippen molar-refractivity contribution in [3.05, 3.63) is 63.4 Å². The van der Waals surface area contributed by atoms with E-state index in [0.29, 0.717) is 33.1 Å². The van der Waals surface area contributed by atoms with Crippen molar-refractivity contribution < 1.29 is 4.79 Å². The molecular weight excluding hydrogens is 515 g/mol. The van der Waals surface area contributed by atoms with Crippen LogP contribution in [-0.4, -0.2) is 27.2 Å². The summed E-state index contributed by atoms with van der Waals surface area (Å²) in [5, 5.41) is 9.14. The van der Waals surface area contributed by atoms with E-state index in [9.17, 15) is 4.79 Å². The van der Waals surface area contributed by atoms with Crippen molar-refractivity contribution in [2.75, 3.05) is 6.54 Å². The van der Waals surface area contributed by atoms with Crippen LogP contribution in [0, 0.1) is 29.6 Å². The van der Waals surface area contributed by atoms with E-state index < -0.39 is 0 Å². The molecule has 2 aromatic carbocycles. The van der Waals surface area contributed by atoms with Crippen molar-refractivity contribution >= 4 is 40.7 Å². The van der Waals surface area contributed by atoms with E-state index in [0.717, 1.165) is 41.6 Å². The lowest BCUT2D eigenvalue weighted by molar-refractivity contribution is -0.0401. The molecule has 0 unspecified atom stereocenters. The molecule has 0 spiro atoms. The van der Waals surface area contributed by atoms with E-state index >= 15 is 0 Å². The number of nitrogens with one attached hydrogen (secondary N) is 1. The molecule has 36 heavy (non-hydrogen) atoms. The zero-order valence-electron chi connectivity index (χ0n) is 20.0. The van der Waals surface area contributed by atoms with Crippen LogP contribution in [0.15, 0.2) is 42.5 Å². The van der Waals surface area contributed by atoms with Gasteiger partial charge >= 0.3 is 0 Å². The summed E-state index contributed by atoms with van der Waals surface area (Å²) in [7, 11) is 0. The second kappa shape index (κ2) is 10.00. The smallest absolute Gasteiger partial charge is 0.290 e. The molecule has 4 fully saturated rings. The van der Waals surface area contributed by atoms with Gasteiger partial charge in [-0.2, -0.15) is 0 Å². The molecule has 8 heteroatoms. The summed E-state index contributed by atoms with van der Waals surface area (Å²) in [6, 6.07) is 12.4. The quantitative estimate of drug-likeness (QED) is 0.314. The van der Waals surface area contributed by atoms with Crippen LogP contribution in [0.1, 0.15) is 55.6 Å². The highest BCUT2D eigenvalue weighted by Gasteiger charge is 2.47. The van der Waals surface area contributed by atoms with Gasteiger partial charge < -0.3 is 5.32 Å².